The van der Waals surface area contributed by atoms with Gasteiger partial charge in [0.05, 0.1) is 12.2 Å². The molecule has 8 heteroatoms. The lowest BCUT2D eigenvalue weighted by Crippen LogP contribution is -2.31. The number of sulfonamides is 1. The third kappa shape index (κ3) is 5.07. The Morgan fingerprint density at radius 3 is 2.37 bits per heavy atom. The Morgan fingerprint density at radius 1 is 1.26 bits per heavy atom. The lowest BCUT2D eigenvalue weighted by molar-refractivity contribution is -0.135. The highest BCUT2D eigenvalue weighted by atomic mass is 32.2. The molecule has 0 fully saturated rings. The molecule has 1 aromatic rings. The van der Waals surface area contributed by atoms with Crippen molar-refractivity contribution in [2.24, 2.45) is 0 Å². The fraction of sp³-hybridized carbons (Fsp3) is 0.455. The number of alkyl halides is 3. The number of nitrogens with two attached hydrogens (primary N) is 1. The predicted molar refractivity (Wildman–Crippen MR) is 66.8 cm³/mol. The van der Waals surface area contributed by atoms with Crippen molar-refractivity contribution in [3.63, 3.8) is 0 Å². The van der Waals surface area contributed by atoms with E-state index in [0.717, 1.165) is 7.05 Å². The number of nitrogens with zero attached hydrogens (tertiary/aromatic N) is 1. The summed E-state index contributed by atoms with van der Waals surface area (Å²) in [5.41, 5.74) is 6.29. The zero-order valence-corrected chi connectivity index (χ0v) is 11.1. The zero-order chi connectivity index (χ0) is 14.7. The normalized spacial score (nSPS) is 12.9. The Balaban J connectivity index is 2.74. The number of hydrogen-bond acceptors (Lipinski definition) is 3. The van der Waals surface area contributed by atoms with Gasteiger partial charge >= 0.3 is 6.18 Å². The van der Waals surface area contributed by atoms with E-state index in [1.807, 2.05) is 0 Å². The molecule has 0 unspecified atom stereocenters. The van der Waals surface area contributed by atoms with E-state index in [0.29, 0.717) is 15.6 Å². The van der Waals surface area contributed by atoms with Crippen LogP contribution in [0, 0.1) is 0 Å². The Hall–Kier alpha value is -1.28. The molecule has 1 rings (SSSR count). The fourth-order valence-corrected chi connectivity index (χ4v) is 2.64. The smallest absolute Gasteiger partial charge is 0.390 e. The molecule has 0 aliphatic heterocycles. The van der Waals surface area contributed by atoms with E-state index in [2.05, 4.69) is 0 Å². The van der Waals surface area contributed by atoms with Gasteiger partial charge < -0.3 is 5.73 Å². The third-order valence-electron chi connectivity index (χ3n) is 2.58. The van der Waals surface area contributed by atoms with E-state index in [9.17, 15) is 21.6 Å². The quantitative estimate of drug-likeness (QED) is 0.845. The van der Waals surface area contributed by atoms with Crippen LogP contribution in [-0.2, 0) is 15.8 Å². The van der Waals surface area contributed by atoms with Gasteiger partial charge in [-0.3, -0.25) is 0 Å². The van der Waals surface area contributed by atoms with E-state index < -0.39 is 34.9 Å². The molecule has 0 saturated heterocycles. The van der Waals surface area contributed by atoms with Gasteiger partial charge in [0.1, 0.15) is 0 Å². The van der Waals surface area contributed by atoms with Crippen LogP contribution in [-0.4, -0.2) is 32.5 Å². The van der Waals surface area contributed by atoms with Crippen molar-refractivity contribution in [3.8, 4) is 0 Å². The maximum absolute atomic E-state index is 12.1. The fourth-order valence-electron chi connectivity index (χ4n) is 1.40. The lowest BCUT2D eigenvalue weighted by atomic mass is 10.2. The van der Waals surface area contributed by atoms with E-state index in [1.54, 1.807) is 18.2 Å². The lowest BCUT2D eigenvalue weighted by Gasteiger charge is -2.18. The van der Waals surface area contributed by atoms with Crippen molar-refractivity contribution in [1.82, 2.24) is 4.31 Å². The number of benzene rings is 1. The second-order valence-corrected chi connectivity index (χ2v) is 6.22. The molecule has 0 radical (unpaired) electrons. The minimum Gasteiger partial charge on any atom is -0.398 e. The summed E-state index contributed by atoms with van der Waals surface area (Å²) in [4.78, 5) is 0. The summed E-state index contributed by atoms with van der Waals surface area (Å²) >= 11 is 0. The van der Waals surface area contributed by atoms with E-state index in [-0.39, 0.29) is 0 Å². The summed E-state index contributed by atoms with van der Waals surface area (Å²) in [6.07, 6.45) is -5.55. The summed E-state index contributed by atoms with van der Waals surface area (Å²) in [6, 6.07) is 6.35. The van der Waals surface area contributed by atoms with Gasteiger partial charge in [-0.2, -0.15) is 13.2 Å². The molecule has 19 heavy (non-hydrogen) atoms. The molecule has 0 bridgehead atoms. The largest absolute Gasteiger partial charge is 0.398 e. The van der Waals surface area contributed by atoms with Crippen molar-refractivity contribution in [1.29, 1.82) is 0 Å². The maximum Gasteiger partial charge on any atom is 0.390 e. The molecule has 108 valence electrons. The molecule has 4 nitrogen and oxygen atoms in total. The standard InChI is InChI=1S/C11H15F3N2O2S/c1-16(7-6-11(12,13)14)19(17,18)8-9-4-2-3-5-10(9)15/h2-5H,6-8,15H2,1H3. The van der Waals surface area contributed by atoms with E-state index in [1.165, 1.54) is 6.07 Å². The number of rotatable bonds is 5. The highest BCUT2D eigenvalue weighted by Gasteiger charge is 2.30. The first-order chi connectivity index (χ1) is 8.62. The van der Waals surface area contributed by atoms with Crippen LogP contribution in [0.25, 0.3) is 0 Å². The van der Waals surface area contributed by atoms with Crippen molar-refractivity contribution >= 4 is 15.7 Å². The van der Waals surface area contributed by atoms with Crippen LogP contribution >= 0.6 is 0 Å². The molecule has 0 aliphatic rings. The maximum atomic E-state index is 12.1. The SMILES string of the molecule is CN(CCC(F)(F)F)S(=O)(=O)Cc1ccccc1N. The van der Waals surface area contributed by atoms with Crippen molar-refractivity contribution < 1.29 is 21.6 Å². The Labute approximate surface area is 110 Å². The first-order valence-electron chi connectivity index (χ1n) is 5.46. The summed E-state index contributed by atoms with van der Waals surface area (Å²) in [7, 11) is -2.68. The molecule has 0 heterocycles. The average Bonchev–Trinajstić information content (AvgIpc) is 2.27. The second-order valence-electron chi connectivity index (χ2n) is 4.14. The number of para-hydroxylation sites is 1. The summed E-state index contributed by atoms with van der Waals surface area (Å²) in [5, 5.41) is 0. The van der Waals surface area contributed by atoms with Crippen molar-refractivity contribution in [3.05, 3.63) is 29.8 Å². The average molecular weight is 296 g/mol. The Morgan fingerprint density at radius 2 is 1.84 bits per heavy atom. The number of nitrogen functional groups attached to an aromatic ring is 1. The molecule has 0 atom stereocenters. The number of anilines is 1. The Kier molecular flexibility index (Phi) is 4.81. The van der Waals surface area contributed by atoms with Gasteiger partial charge in [0.15, 0.2) is 0 Å². The molecule has 0 spiro atoms. The van der Waals surface area contributed by atoms with Gasteiger partial charge in [-0.15, -0.1) is 0 Å². The van der Waals surface area contributed by atoms with E-state index >= 15 is 0 Å². The molecular weight excluding hydrogens is 281 g/mol. The van der Waals surface area contributed by atoms with Crippen LogP contribution < -0.4 is 5.73 Å². The van der Waals surface area contributed by atoms with Crippen LogP contribution in [0.4, 0.5) is 18.9 Å². The predicted octanol–water partition coefficient (Wildman–Crippen LogP) is 1.98. The van der Waals surface area contributed by atoms with Crippen LogP contribution in [0.3, 0.4) is 0 Å². The Bertz CT molecular complexity index is 529. The molecule has 0 aliphatic carbocycles. The van der Waals surface area contributed by atoms with Gasteiger partial charge in [0.2, 0.25) is 10.0 Å². The van der Waals surface area contributed by atoms with Crippen LogP contribution in [0.2, 0.25) is 0 Å². The minimum absolute atomic E-state index is 0.301. The van der Waals surface area contributed by atoms with Crippen LogP contribution in [0.5, 0.6) is 0 Å². The topological polar surface area (TPSA) is 63.4 Å². The molecule has 0 aromatic heterocycles. The van der Waals surface area contributed by atoms with Crippen molar-refractivity contribution in [2.45, 2.75) is 18.3 Å². The molecule has 1 aromatic carbocycles. The monoisotopic (exact) mass is 296 g/mol. The first-order valence-corrected chi connectivity index (χ1v) is 7.07. The van der Waals surface area contributed by atoms with Gasteiger partial charge in [-0.25, -0.2) is 12.7 Å². The van der Waals surface area contributed by atoms with Gasteiger partial charge in [-0.1, -0.05) is 18.2 Å². The van der Waals surface area contributed by atoms with Crippen molar-refractivity contribution in [2.75, 3.05) is 19.3 Å². The first kappa shape index (κ1) is 15.8. The van der Waals surface area contributed by atoms with Gasteiger partial charge in [-0.05, 0) is 11.6 Å². The third-order valence-corrected chi connectivity index (χ3v) is 4.39. The minimum atomic E-state index is -4.38. The highest BCUT2D eigenvalue weighted by Crippen LogP contribution is 2.21. The number of hydrogen-bond donors (Lipinski definition) is 1. The molecule has 0 saturated carbocycles. The molecular formula is C11H15F3N2O2S. The van der Waals surface area contributed by atoms with Crippen LogP contribution in [0.15, 0.2) is 24.3 Å². The van der Waals surface area contributed by atoms with Gasteiger partial charge in [0, 0.05) is 19.3 Å². The summed E-state index contributed by atoms with van der Waals surface area (Å²) < 4.78 is 60.6. The van der Waals surface area contributed by atoms with Gasteiger partial charge in [0.25, 0.3) is 0 Å². The second kappa shape index (κ2) is 5.79. The van der Waals surface area contributed by atoms with Crippen LogP contribution in [0.1, 0.15) is 12.0 Å². The van der Waals surface area contributed by atoms with E-state index in [4.69, 9.17) is 5.73 Å². The highest BCUT2D eigenvalue weighted by molar-refractivity contribution is 7.88. The zero-order valence-electron chi connectivity index (χ0n) is 10.3. The summed E-state index contributed by atoms with van der Waals surface area (Å²) in [6.45, 7) is -0.599. The summed E-state index contributed by atoms with van der Waals surface area (Å²) in [5.74, 6) is -0.409. The molecule has 2 N–H and O–H groups in total. The molecule has 0 amide bonds. The number of halogens is 3.